The number of allylic oxidation sites excluding steroid dienone is 5. The Morgan fingerprint density at radius 2 is 1.78 bits per heavy atom. The van der Waals surface area contributed by atoms with Crippen molar-refractivity contribution in [2.24, 2.45) is 0 Å². The van der Waals surface area contributed by atoms with Gasteiger partial charge >= 0.3 is 5.97 Å². The van der Waals surface area contributed by atoms with E-state index in [4.69, 9.17) is 0 Å². The third-order valence-corrected chi connectivity index (χ3v) is 11.6. The first-order valence-electron chi connectivity index (χ1n) is 12.5. The van der Waals surface area contributed by atoms with Crippen LogP contribution in [0.25, 0.3) is 5.57 Å². The van der Waals surface area contributed by atoms with Gasteiger partial charge < -0.3 is 19.9 Å². The minimum absolute atomic E-state index is 0.0259. The molecule has 2 fully saturated rings. The molecule has 3 aliphatic heterocycles. The maximum absolute atomic E-state index is 12.3. The number of carboxylic acids is 2. The van der Waals surface area contributed by atoms with E-state index in [0.29, 0.717) is 5.56 Å². The third kappa shape index (κ3) is 3.41. The Morgan fingerprint density at radius 3 is 2.39 bits per heavy atom. The second kappa shape index (κ2) is 8.16. The van der Waals surface area contributed by atoms with Crippen LogP contribution >= 0.6 is 0 Å². The van der Waals surface area contributed by atoms with Gasteiger partial charge in [0, 0.05) is 30.9 Å². The van der Waals surface area contributed by atoms with E-state index in [2.05, 4.69) is 59.0 Å². The summed E-state index contributed by atoms with van der Waals surface area (Å²) in [5, 5.41) is 24.3. The lowest BCUT2D eigenvalue weighted by molar-refractivity contribution is -0.582. The van der Waals surface area contributed by atoms with E-state index in [1.54, 1.807) is 0 Å². The fourth-order valence-electron chi connectivity index (χ4n) is 5.72. The molecule has 0 spiro atoms. The maximum atomic E-state index is 12.3. The summed E-state index contributed by atoms with van der Waals surface area (Å²) in [7, 11) is -2.17. The highest BCUT2D eigenvalue weighted by atomic mass is 28.3. The summed E-state index contributed by atoms with van der Waals surface area (Å²) in [5.74, 6) is -2.40. The first kappa shape index (κ1) is 22.7. The van der Waals surface area contributed by atoms with Gasteiger partial charge in [-0.25, -0.2) is 9.37 Å². The van der Waals surface area contributed by atoms with Crippen LogP contribution in [0.15, 0.2) is 65.4 Å². The zero-order valence-corrected chi connectivity index (χ0v) is 21.5. The molecule has 1 N–H and O–H groups in total. The molecule has 2 saturated heterocycles. The Balaban J connectivity index is 1.67. The Hall–Kier alpha value is -3.71. The Labute approximate surface area is 211 Å². The molecule has 182 valence electrons. The highest BCUT2D eigenvalue weighted by molar-refractivity contribution is 6.98. The predicted molar refractivity (Wildman–Crippen MR) is 141 cm³/mol. The van der Waals surface area contributed by atoms with Crippen molar-refractivity contribution in [2.75, 3.05) is 31.1 Å². The summed E-state index contributed by atoms with van der Waals surface area (Å²) in [6.45, 7) is 8.90. The molecule has 1 aliphatic carbocycles. The topological polar surface area (TPSA) is 83.7 Å². The fourth-order valence-corrected chi connectivity index (χ4v) is 8.79. The highest BCUT2D eigenvalue weighted by Crippen LogP contribution is 2.43. The van der Waals surface area contributed by atoms with Crippen molar-refractivity contribution < 1.29 is 24.4 Å². The predicted octanol–water partition coefficient (Wildman–Crippen LogP) is 2.58. The highest BCUT2D eigenvalue weighted by Gasteiger charge is 2.41. The molecule has 0 amide bonds. The van der Waals surface area contributed by atoms with Gasteiger partial charge in [0.1, 0.15) is 21.2 Å². The van der Waals surface area contributed by atoms with Crippen molar-refractivity contribution in [1.29, 1.82) is 0 Å². The minimum atomic E-state index is -2.17. The van der Waals surface area contributed by atoms with Crippen LogP contribution in [0.1, 0.15) is 44.7 Å². The van der Waals surface area contributed by atoms with Gasteiger partial charge in [-0.2, -0.15) is 0 Å². The van der Waals surface area contributed by atoms with Crippen molar-refractivity contribution in [2.45, 2.75) is 25.9 Å². The molecule has 6 rings (SSSR count). The molecule has 6 nitrogen and oxygen atoms in total. The van der Waals surface area contributed by atoms with Crippen LogP contribution in [0.2, 0.25) is 13.1 Å². The molecule has 2 aromatic carbocycles. The monoisotopic (exact) mass is 496 g/mol. The summed E-state index contributed by atoms with van der Waals surface area (Å²) in [6, 6.07) is 10.7. The van der Waals surface area contributed by atoms with E-state index in [9.17, 15) is 19.8 Å². The van der Waals surface area contributed by atoms with Gasteiger partial charge in [0.25, 0.3) is 0 Å². The number of carboxylic acid groups (broad SMARTS) is 2. The van der Waals surface area contributed by atoms with Crippen LogP contribution in [0.3, 0.4) is 0 Å². The standard InChI is InChI=1S/C29H28N2O4Si/c1-36(2)25-16-19(30-11-3-12-30)6-9-22(25)27(23-10-7-20(17-26(23)36)31-13-4-14-31)24-15-18(28(32)33)5-8-21(24)29(34)35/h5-10,15-17H,3-4,11-14H2,1-2H3,(H-,32,33,34,35). The van der Waals surface area contributed by atoms with Crippen LogP contribution in [0.4, 0.5) is 5.69 Å². The lowest BCUT2D eigenvalue weighted by Crippen LogP contribution is -2.50. The Bertz CT molecular complexity index is 1470. The van der Waals surface area contributed by atoms with Gasteiger partial charge in [0.05, 0.1) is 18.0 Å². The number of carbonyl (C=O) groups excluding carboxylic acids is 1. The van der Waals surface area contributed by atoms with Crippen LogP contribution in [0.5, 0.6) is 0 Å². The number of hydrogen-bond donors (Lipinski definition) is 1. The number of aromatic carboxylic acids is 2. The lowest BCUT2D eigenvalue weighted by atomic mass is 9.86. The SMILES string of the molecule is C[Si]1(C)C2=CC(=[N+]3CCC3)C=CC2=C(c2cc(C(=O)[O-])ccc2C(=O)O)c2ccc(N3CCC3)cc21. The first-order chi connectivity index (χ1) is 17.3. The summed E-state index contributed by atoms with van der Waals surface area (Å²) in [6.07, 6.45) is 8.90. The molecule has 2 aromatic rings. The summed E-state index contributed by atoms with van der Waals surface area (Å²) in [4.78, 5) is 26.4. The van der Waals surface area contributed by atoms with Crippen molar-refractivity contribution in [3.8, 4) is 0 Å². The summed E-state index contributed by atoms with van der Waals surface area (Å²) >= 11 is 0. The summed E-state index contributed by atoms with van der Waals surface area (Å²) in [5.41, 5.74) is 5.67. The summed E-state index contributed by atoms with van der Waals surface area (Å²) < 4.78 is 2.37. The maximum Gasteiger partial charge on any atom is 0.336 e. The average Bonchev–Trinajstić information content (AvgIpc) is 2.77. The van der Waals surface area contributed by atoms with Gasteiger partial charge in [-0.1, -0.05) is 25.2 Å². The molecule has 0 radical (unpaired) electrons. The van der Waals surface area contributed by atoms with Crippen LogP contribution in [-0.2, 0) is 0 Å². The van der Waals surface area contributed by atoms with Gasteiger partial charge in [0.2, 0.25) is 0 Å². The minimum Gasteiger partial charge on any atom is -0.545 e. The molecule has 0 bridgehead atoms. The van der Waals surface area contributed by atoms with Crippen LogP contribution in [0, 0.1) is 0 Å². The molecule has 0 aromatic heterocycles. The normalized spacial score (nSPS) is 19.7. The van der Waals surface area contributed by atoms with Gasteiger partial charge in [-0.3, -0.25) is 0 Å². The second-order valence-corrected chi connectivity index (χ2v) is 14.8. The molecule has 7 heteroatoms. The Morgan fingerprint density at radius 1 is 1.00 bits per heavy atom. The molecule has 4 aliphatic rings. The molecule has 0 atom stereocenters. The van der Waals surface area contributed by atoms with Gasteiger partial charge in [-0.15, -0.1) is 0 Å². The van der Waals surface area contributed by atoms with E-state index in [1.807, 2.05) is 0 Å². The number of benzene rings is 2. The number of carbonyl (C=O) groups is 2. The number of anilines is 1. The lowest BCUT2D eigenvalue weighted by Gasteiger charge is -2.40. The molecular weight excluding hydrogens is 468 g/mol. The first-order valence-corrected chi connectivity index (χ1v) is 15.5. The molecule has 36 heavy (non-hydrogen) atoms. The van der Waals surface area contributed by atoms with Gasteiger partial charge in [0.15, 0.2) is 5.71 Å². The average molecular weight is 497 g/mol. The van der Waals surface area contributed by atoms with E-state index >= 15 is 0 Å². The molecule has 3 heterocycles. The van der Waals surface area contributed by atoms with Crippen molar-refractivity contribution in [1.82, 2.24) is 0 Å². The van der Waals surface area contributed by atoms with E-state index < -0.39 is 20.0 Å². The Kier molecular flexibility index (Phi) is 5.16. The third-order valence-electron chi connectivity index (χ3n) is 8.09. The van der Waals surface area contributed by atoms with E-state index in [-0.39, 0.29) is 11.1 Å². The number of hydrogen-bond acceptors (Lipinski definition) is 4. The largest absolute Gasteiger partial charge is 0.545 e. The number of fused-ring (bicyclic) bond motifs is 2. The molecule has 0 saturated carbocycles. The second-order valence-electron chi connectivity index (χ2n) is 10.5. The zero-order chi connectivity index (χ0) is 25.2. The van der Waals surface area contributed by atoms with Gasteiger partial charge in [-0.05, 0) is 75.0 Å². The van der Waals surface area contributed by atoms with Crippen molar-refractivity contribution >= 4 is 42.2 Å². The van der Waals surface area contributed by atoms with Crippen LogP contribution < -0.4 is 15.2 Å². The number of nitrogens with zero attached hydrogens (tertiary/aromatic N) is 2. The smallest absolute Gasteiger partial charge is 0.336 e. The van der Waals surface area contributed by atoms with E-state index in [0.717, 1.165) is 42.9 Å². The fraction of sp³-hybridized carbons (Fsp3) is 0.276. The van der Waals surface area contributed by atoms with E-state index in [1.165, 1.54) is 52.8 Å². The van der Waals surface area contributed by atoms with Crippen LogP contribution in [-0.4, -0.2) is 61.6 Å². The van der Waals surface area contributed by atoms with Crippen molar-refractivity contribution in [3.63, 3.8) is 0 Å². The molecular formula is C29H28N2O4Si. The number of rotatable bonds is 4. The molecule has 0 unspecified atom stereocenters. The zero-order valence-electron chi connectivity index (χ0n) is 20.5. The van der Waals surface area contributed by atoms with Crippen molar-refractivity contribution in [3.05, 3.63) is 87.6 Å². The quantitative estimate of drug-likeness (QED) is 0.520.